The van der Waals surface area contributed by atoms with Crippen LogP contribution in [0.2, 0.25) is 0 Å². The molecule has 1 aromatic carbocycles. The van der Waals surface area contributed by atoms with Gasteiger partial charge in [0.05, 0.1) is 6.61 Å². The first-order chi connectivity index (χ1) is 9.69. The minimum Gasteiger partial charge on any atom is -0.394 e. The van der Waals surface area contributed by atoms with Gasteiger partial charge in [-0.3, -0.25) is 9.59 Å². The lowest BCUT2D eigenvalue weighted by atomic mass is 10.0. The highest BCUT2D eigenvalue weighted by atomic mass is 16.3. The number of aromatic amines is 1. The summed E-state index contributed by atoms with van der Waals surface area (Å²) in [6.45, 7) is -0.391. The molecular weight excluding hydrogens is 258 g/mol. The molecule has 1 aliphatic heterocycles. The molecule has 2 aromatic rings. The number of benzene rings is 1. The fourth-order valence-electron chi connectivity index (χ4n) is 2.47. The second kappa shape index (κ2) is 4.97. The zero-order valence-electron chi connectivity index (χ0n) is 10.7. The molecule has 0 bridgehead atoms. The largest absolute Gasteiger partial charge is 0.394 e. The van der Waals surface area contributed by atoms with Crippen molar-refractivity contribution in [3.05, 3.63) is 36.0 Å². The van der Waals surface area contributed by atoms with E-state index in [0.717, 1.165) is 16.5 Å². The Hall–Kier alpha value is -2.34. The normalized spacial score (nSPS) is 22.6. The molecule has 0 unspecified atom stereocenters. The van der Waals surface area contributed by atoms with Crippen LogP contribution in [0.25, 0.3) is 10.9 Å². The molecule has 6 heteroatoms. The van der Waals surface area contributed by atoms with Gasteiger partial charge >= 0.3 is 0 Å². The third-order valence-corrected chi connectivity index (χ3v) is 3.55. The van der Waals surface area contributed by atoms with Crippen LogP contribution in [-0.2, 0) is 16.0 Å². The summed E-state index contributed by atoms with van der Waals surface area (Å²) in [6.07, 6.45) is 2.27. The molecule has 2 amide bonds. The predicted octanol–water partition coefficient (Wildman–Crippen LogP) is -0.314. The molecule has 104 valence electrons. The number of rotatable bonds is 3. The number of H-pyrrole nitrogens is 1. The number of piperazine rings is 1. The predicted molar refractivity (Wildman–Crippen MR) is 72.9 cm³/mol. The number of nitrogens with one attached hydrogen (secondary N) is 3. The molecule has 2 atom stereocenters. The van der Waals surface area contributed by atoms with Crippen LogP contribution < -0.4 is 10.6 Å². The Morgan fingerprint density at radius 3 is 2.55 bits per heavy atom. The minimum absolute atomic E-state index is 0.270. The fraction of sp³-hybridized carbons (Fsp3) is 0.286. The average molecular weight is 273 g/mol. The van der Waals surface area contributed by atoms with Crippen molar-refractivity contribution in [1.82, 2.24) is 15.6 Å². The van der Waals surface area contributed by atoms with Gasteiger partial charge in [0.25, 0.3) is 0 Å². The smallest absolute Gasteiger partial charge is 0.245 e. The van der Waals surface area contributed by atoms with Gasteiger partial charge < -0.3 is 20.7 Å². The molecule has 1 aromatic heterocycles. The lowest BCUT2D eigenvalue weighted by Gasteiger charge is -2.28. The van der Waals surface area contributed by atoms with Gasteiger partial charge in [-0.25, -0.2) is 0 Å². The summed E-state index contributed by atoms with van der Waals surface area (Å²) < 4.78 is 0. The van der Waals surface area contributed by atoms with Gasteiger partial charge in [0, 0.05) is 23.5 Å². The van der Waals surface area contributed by atoms with E-state index in [1.165, 1.54) is 0 Å². The lowest BCUT2D eigenvalue weighted by molar-refractivity contribution is -0.137. The highest BCUT2D eigenvalue weighted by Gasteiger charge is 2.33. The molecule has 1 fully saturated rings. The Morgan fingerprint density at radius 2 is 1.75 bits per heavy atom. The van der Waals surface area contributed by atoms with Crippen molar-refractivity contribution < 1.29 is 14.7 Å². The topological polar surface area (TPSA) is 94.2 Å². The lowest BCUT2D eigenvalue weighted by Crippen LogP contribution is -2.63. The maximum absolute atomic E-state index is 11.9. The monoisotopic (exact) mass is 273 g/mol. The molecule has 6 nitrogen and oxygen atoms in total. The maximum atomic E-state index is 11.9. The number of fused-ring (bicyclic) bond motifs is 1. The molecule has 0 saturated carbocycles. The van der Waals surface area contributed by atoms with E-state index in [1.807, 2.05) is 30.5 Å². The number of aliphatic hydroxyl groups is 1. The summed E-state index contributed by atoms with van der Waals surface area (Å²) in [5.74, 6) is -0.620. The van der Waals surface area contributed by atoms with Crippen LogP contribution in [0.5, 0.6) is 0 Å². The standard InChI is InChI=1S/C14H15N3O3/c18-7-12-14(20)16-11(13(19)17-12)5-8-6-15-10-4-2-1-3-9(8)10/h1-4,6,11-12,15,18H,5,7H2,(H,16,20)(H,17,19)/t11-,12+/m1/s1. The van der Waals surface area contributed by atoms with E-state index in [-0.39, 0.29) is 11.8 Å². The average Bonchev–Trinajstić information content (AvgIpc) is 2.86. The molecule has 0 aliphatic carbocycles. The molecule has 1 saturated heterocycles. The molecule has 0 radical (unpaired) electrons. The molecule has 4 N–H and O–H groups in total. The molecular formula is C14H15N3O3. The highest BCUT2D eigenvalue weighted by molar-refractivity contribution is 5.97. The van der Waals surface area contributed by atoms with Crippen molar-refractivity contribution in [3.8, 4) is 0 Å². The van der Waals surface area contributed by atoms with E-state index in [4.69, 9.17) is 5.11 Å². The number of carbonyl (C=O) groups is 2. The van der Waals surface area contributed by atoms with Crippen molar-refractivity contribution in [1.29, 1.82) is 0 Å². The Labute approximate surface area is 115 Å². The summed E-state index contributed by atoms with van der Waals surface area (Å²) in [6, 6.07) is 6.34. The number of amides is 2. The van der Waals surface area contributed by atoms with E-state index in [1.54, 1.807) is 0 Å². The Kier molecular flexibility index (Phi) is 3.15. The van der Waals surface area contributed by atoms with Gasteiger partial charge in [-0.1, -0.05) is 18.2 Å². The SMILES string of the molecule is O=C1N[C@H](Cc2c[nH]c3ccccc23)C(=O)N[C@H]1CO. The number of carbonyl (C=O) groups excluding carboxylic acids is 2. The summed E-state index contributed by atoms with van der Waals surface area (Å²) in [5, 5.41) is 15.2. The number of hydrogen-bond acceptors (Lipinski definition) is 3. The Bertz CT molecular complexity index is 664. The van der Waals surface area contributed by atoms with Crippen LogP contribution in [0, 0.1) is 0 Å². The van der Waals surface area contributed by atoms with E-state index >= 15 is 0 Å². The van der Waals surface area contributed by atoms with Crippen LogP contribution in [-0.4, -0.2) is 40.6 Å². The maximum Gasteiger partial charge on any atom is 0.245 e. The zero-order chi connectivity index (χ0) is 14.1. The van der Waals surface area contributed by atoms with Gasteiger partial charge in [-0.15, -0.1) is 0 Å². The summed E-state index contributed by atoms with van der Waals surface area (Å²) in [7, 11) is 0. The molecule has 3 rings (SSSR count). The molecule has 1 aliphatic rings. The summed E-state index contributed by atoms with van der Waals surface area (Å²) in [4.78, 5) is 26.7. The van der Waals surface area contributed by atoms with Gasteiger partial charge in [0.2, 0.25) is 11.8 Å². The third-order valence-electron chi connectivity index (χ3n) is 3.55. The Morgan fingerprint density at radius 1 is 1.05 bits per heavy atom. The first kappa shape index (κ1) is 12.7. The third kappa shape index (κ3) is 2.14. The number of para-hydroxylation sites is 1. The Balaban J connectivity index is 1.81. The summed E-state index contributed by atoms with van der Waals surface area (Å²) in [5.41, 5.74) is 1.97. The van der Waals surface area contributed by atoms with Gasteiger partial charge in [-0.05, 0) is 11.6 Å². The van der Waals surface area contributed by atoms with Crippen molar-refractivity contribution in [2.45, 2.75) is 18.5 Å². The second-order valence-electron chi connectivity index (χ2n) is 4.87. The van der Waals surface area contributed by atoms with Gasteiger partial charge in [0.15, 0.2) is 0 Å². The van der Waals surface area contributed by atoms with Gasteiger partial charge in [-0.2, -0.15) is 0 Å². The van der Waals surface area contributed by atoms with E-state index in [9.17, 15) is 9.59 Å². The van der Waals surface area contributed by atoms with Crippen LogP contribution in [0.15, 0.2) is 30.5 Å². The number of aromatic nitrogens is 1. The number of aliphatic hydroxyl groups excluding tert-OH is 1. The first-order valence-electron chi connectivity index (χ1n) is 6.45. The number of hydrogen-bond donors (Lipinski definition) is 4. The quantitative estimate of drug-likeness (QED) is 0.617. The molecule has 2 heterocycles. The van der Waals surface area contributed by atoms with E-state index in [2.05, 4.69) is 15.6 Å². The van der Waals surface area contributed by atoms with Crippen LogP contribution in [0.4, 0.5) is 0 Å². The molecule has 20 heavy (non-hydrogen) atoms. The van der Waals surface area contributed by atoms with E-state index in [0.29, 0.717) is 6.42 Å². The second-order valence-corrected chi connectivity index (χ2v) is 4.87. The highest BCUT2D eigenvalue weighted by Crippen LogP contribution is 2.19. The fourth-order valence-corrected chi connectivity index (χ4v) is 2.47. The zero-order valence-corrected chi connectivity index (χ0v) is 10.7. The van der Waals surface area contributed by atoms with Crippen molar-refractivity contribution in [3.63, 3.8) is 0 Å². The van der Waals surface area contributed by atoms with Gasteiger partial charge in [0.1, 0.15) is 12.1 Å². The molecule has 0 spiro atoms. The van der Waals surface area contributed by atoms with Crippen molar-refractivity contribution >= 4 is 22.7 Å². The van der Waals surface area contributed by atoms with Crippen LogP contribution in [0.1, 0.15) is 5.56 Å². The van der Waals surface area contributed by atoms with Crippen LogP contribution >= 0.6 is 0 Å². The summed E-state index contributed by atoms with van der Waals surface area (Å²) >= 11 is 0. The van der Waals surface area contributed by atoms with Crippen LogP contribution in [0.3, 0.4) is 0 Å². The van der Waals surface area contributed by atoms with Crippen molar-refractivity contribution in [2.24, 2.45) is 0 Å². The van der Waals surface area contributed by atoms with Crippen molar-refractivity contribution in [2.75, 3.05) is 6.61 Å². The minimum atomic E-state index is -0.846. The van der Waals surface area contributed by atoms with E-state index < -0.39 is 18.7 Å². The first-order valence-corrected chi connectivity index (χ1v) is 6.45.